The molecule has 0 atom stereocenters. The summed E-state index contributed by atoms with van der Waals surface area (Å²) in [6.45, 7) is 5.34. The molecule has 0 fully saturated rings. The van der Waals surface area contributed by atoms with Crippen LogP contribution >= 0.6 is 48.0 Å². The lowest BCUT2D eigenvalue weighted by Crippen LogP contribution is -2.55. The first kappa shape index (κ1) is 32.4. The predicted octanol–water partition coefficient (Wildman–Crippen LogP) is 6.97. The normalized spacial score (nSPS) is 9.89. The molecule has 188 valence electrons. The van der Waals surface area contributed by atoms with Crippen LogP contribution in [0.4, 0.5) is 4.39 Å². The van der Waals surface area contributed by atoms with Crippen LogP contribution in [0.1, 0.15) is 51.8 Å². The third-order valence-corrected chi connectivity index (χ3v) is 4.85. The number of hydrazine groups is 1. The van der Waals surface area contributed by atoms with Gasteiger partial charge in [0, 0.05) is 11.1 Å². The van der Waals surface area contributed by atoms with E-state index in [-0.39, 0.29) is 41.0 Å². The molecule has 0 heterocycles. The topological polar surface area (TPSA) is 66.5 Å². The van der Waals surface area contributed by atoms with Crippen molar-refractivity contribution >= 4 is 65.1 Å². The number of rotatable bonds is 3. The summed E-state index contributed by atoms with van der Waals surface area (Å²) in [5.74, 6) is -1.37. The van der Waals surface area contributed by atoms with E-state index in [1.807, 2.05) is 6.07 Å². The Morgan fingerprint density at radius 1 is 0.800 bits per heavy atom. The Kier molecular flexibility index (Phi) is 13.6. The van der Waals surface area contributed by atoms with Gasteiger partial charge in [0.2, 0.25) is 0 Å². The third-order valence-electron chi connectivity index (χ3n) is 4.30. The maximum absolute atomic E-state index is 13.1. The predicted molar refractivity (Wildman–Crippen MR) is 142 cm³/mol. The van der Waals surface area contributed by atoms with E-state index in [1.54, 1.807) is 69.3 Å². The fraction of sp³-hybridized carbons (Fsp3) is 0.160. The van der Waals surface area contributed by atoms with Crippen molar-refractivity contribution in [3.8, 4) is 0 Å². The summed E-state index contributed by atoms with van der Waals surface area (Å²) < 4.78 is 13.1. The number of nitrogens with one attached hydrogen (secondary N) is 1. The summed E-state index contributed by atoms with van der Waals surface area (Å²) in [7, 11) is 0. The molecule has 2 amide bonds. The maximum atomic E-state index is 13.1. The third kappa shape index (κ3) is 9.86. The van der Waals surface area contributed by atoms with E-state index in [0.717, 1.165) is 0 Å². The lowest BCUT2D eigenvalue weighted by Gasteiger charge is -2.35. The SMILES string of the molecule is CC(C)(C)N(NC(=O)c1ccccc1Cl)C(=O)c1ccc(F)cc1.Cl.Cl.O=C(Cl)c1ccccc1. The minimum absolute atomic E-state index is 0. The Hall–Kier alpha value is -2.64. The van der Waals surface area contributed by atoms with Crippen LogP contribution < -0.4 is 5.43 Å². The molecule has 3 rings (SSSR count). The summed E-state index contributed by atoms with van der Waals surface area (Å²) in [6, 6.07) is 20.4. The van der Waals surface area contributed by atoms with Crippen LogP contribution in [0.25, 0.3) is 0 Å². The van der Waals surface area contributed by atoms with Gasteiger partial charge in [-0.25, -0.2) is 9.40 Å². The molecule has 0 unspecified atom stereocenters. The molecule has 0 saturated carbocycles. The van der Waals surface area contributed by atoms with Gasteiger partial charge < -0.3 is 0 Å². The van der Waals surface area contributed by atoms with Gasteiger partial charge in [0.1, 0.15) is 5.82 Å². The van der Waals surface area contributed by atoms with E-state index in [2.05, 4.69) is 5.43 Å². The maximum Gasteiger partial charge on any atom is 0.272 e. The van der Waals surface area contributed by atoms with Gasteiger partial charge in [0.25, 0.3) is 17.1 Å². The Morgan fingerprint density at radius 2 is 1.31 bits per heavy atom. The minimum Gasteiger partial charge on any atom is -0.276 e. The van der Waals surface area contributed by atoms with E-state index < -0.39 is 28.4 Å². The monoisotopic (exact) mass is 560 g/mol. The number of benzene rings is 3. The largest absolute Gasteiger partial charge is 0.276 e. The first-order chi connectivity index (χ1) is 15.5. The zero-order valence-electron chi connectivity index (χ0n) is 19.1. The number of halogens is 5. The Labute approximate surface area is 226 Å². The average molecular weight is 562 g/mol. The van der Waals surface area contributed by atoms with Gasteiger partial charge in [-0.1, -0.05) is 54.1 Å². The minimum atomic E-state index is -0.692. The van der Waals surface area contributed by atoms with Crippen molar-refractivity contribution in [2.24, 2.45) is 0 Å². The summed E-state index contributed by atoms with van der Waals surface area (Å²) >= 11 is 11.2. The van der Waals surface area contributed by atoms with Crippen molar-refractivity contribution in [1.29, 1.82) is 0 Å². The first-order valence-electron chi connectivity index (χ1n) is 9.91. The smallest absolute Gasteiger partial charge is 0.272 e. The van der Waals surface area contributed by atoms with Crippen molar-refractivity contribution in [1.82, 2.24) is 10.4 Å². The van der Waals surface area contributed by atoms with Crippen LogP contribution in [0.2, 0.25) is 5.02 Å². The molecule has 35 heavy (non-hydrogen) atoms. The molecular weight excluding hydrogens is 537 g/mol. The second-order valence-electron chi connectivity index (χ2n) is 7.88. The second-order valence-corrected chi connectivity index (χ2v) is 8.63. The quantitative estimate of drug-likeness (QED) is 0.277. The number of hydrogen-bond donors (Lipinski definition) is 1. The molecule has 0 aliphatic rings. The summed E-state index contributed by atoms with van der Waals surface area (Å²) in [5.41, 5.74) is 2.98. The zero-order valence-corrected chi connectivity index (χ0v) is 22.3. The van der Waals surface area contributed by atoms with Gasteiger partial charge in [-0.2, -0.15) is 0 Å². The fourth-order valence-corrected chi connectivity index (χ4v) is 2.97. The number of hydrogen-bond acceptors (Lipinski definition) is 3. The van der Waals surface area contributed by atoms with Crippen LogP contribution in [0.15, 0.2) is 78.9 Å². The van der Waals surface area contributed by atoms with Crippen LogP contribution in [-0.2, 0) is 0 Å². The van der Waals surface area contributed by atoms with Crippen molar-refractivity contribution < 1.29 is 18.8 Å². The summed E-state index contributed by atoms with van der Waals surface area (Å²) in [5, 5.41) is 1.10. The van der Waals surface area contributed by atoms with Crippen LogP contribution in [0, 0.1) is 5.82 Å². The molecule has 0 saturated heterocycles. The molecule has 0 aromatic heterocycles. The van der Waals surface area contributed by atoms with E-state index in [9.17, 15) is 18.8 Å². The second kappa shape index (κ2) is 14.7. The molecule has 5 nitrogen and oxygen atoms in total. The van der Waals surface area contributed by atoms with Gasteiger partial charge in [-0.3, -0.25) is 19.8 Å². The molecule has 0 aliphatic carbocycles. The molecular formula is C25H25Cl4FN2O3. The molecule has 3 aromatic rings. The van der Waals surface area contributed by atoms with Gasteiger partial charge in [-0.05, 0) is 68.8 Å². The van der Waals surface area contributed by atoms with Crippen molar-refractivity contribution in [3.05, 3.63) is 106 Å². The van der Waals surface area contributed by atoms with Crippen molar-refractivity contribution in [2.45, 2.75) is 26.3 Å². The highest BCUT2D eigenvalue weighted by Gasteiger charge is 2.30. The van der Waals surface area contributed by atoms with Gasteiger partial charge in [0.15, 0.2) is 0 Å². The number of carbonyl (C=O) groups excluding carboxylic acids is 3. The molecule has 10 heteroatoms. The number of amides is 2. The van der Waals surface area contributed by atoms with E-state index in [0.29, 0.717) is 5.56 Å². The molecule has 0 aliphatic heterocycles. The molecule has 1 N–H and O–H groups in total. The standard InChI is InChI=1S/C18H18ClFN2O2.C7H5ClO.2ClH/c1-18(2,3)22(17(24)12-8-10-13(20)11-9-12)21-16(23)14-6-4-5-7-15(14)19;8-7(9)6-4-2-1-3-5-6;;/h4-11H,1-3H3,(H,21,23);1-5H;2*1H. The fourth-order valence-electron chi connectivity index (χ4n) is 2.62. The Balaban J connectivity index is 0.000000890. The number of carbonyl (C=O) groups is 3. The highest BCUT2D eigenvalue weighted by molar-refractivity contribution is 6.67. The Bertz CT molecular complexity index is 1120. The van der Waals surface area contributed by atoms with Crippen LogP contribution in [0.3, 0.4) is 0 Å². The van der Waals surface area contributed by atoms with Gasteiger partial charge in [0.05, 0.1) is 16.1 Å². The lowest BCUT2D eigenvalue weighted by molar-refractivity contribution is 0.0358. The van der Waals surface area contributed by atoms with Crippen LogP contribution in [0.5, 0.6) is 0 Å². The van der Waals surface area contributed by atoms with Gasteiger partial charge >= 0.3 is 0 Å². The first-order valence-corrected chi connectivity index (χ1v) is 10.7. The summed E-state index contributed by atoms with van der Waals surface area (Å²) in [4.78, 5) is 35.6. The molecule has 0 radical (unpaired) electrons. The highest BCUT2D eigenvalue weighted by Crippen LogP contribution is 2.19. The average Bonchev–Trinajstić information content (AvgIpc) is 2.78. The van der Waals surface area contributed by atoms with E-state index >= 15 is 0 Å². The van der Waals surface area contributed by atoms with Gasteiger partial charge in [-0.15, -0.1) is 24.8 Å². The molecule has 0 spiro atoms. The van der Waals surface area contributed by atoms with Crippen molar-refractivity contribution in [2.75, 3.05) is 0 Å². The number of nitrogens with zero attached hydrogens (tertiary/aromatic N) is 1. The van der Waals surface area contributed by atoms with E-state index in [1.165, 1.54) is 29.3 Å². The van der Waals surface area contributed by atoms with E-state index in [4.69, 9.17) is 23.2 Å². The Morgan fingerprint density at radius 3 is 1.77 bits per heavy atom. The zero-order chi connectivity index (χ0) is 24.6. The van der Waals surface area contributed by atoms with Crippen molar-refractivity contribution in [3.63, 3.8) is 0 Å². The highest BCUT2D eigenvalue weighted by atomic mass is 35.5. The molecule has 3 aromatic carbocycles. The molecule has 0 bridgehead atoms. The van der Waals surface area contributed by atoms with Crippen LogP contribution in [-0.4, -0.2) is 27.6 Å². The lowest BCUT2D eigenvalue weighted by atomic mass is 10.1. The summed E-state index contributed by atoms with van der Waals surface area (Å²) in [6.07, 6.45) is 0.